The largest absolute Gasteiger partial charge is 0.398 e. The molecule has 6 heterocycles. The number of benzene rings is 1. The first kappa shape index (κ1) is 31.8. The number of nitrogens with one attached hydrogen (secondary N) is 1. The van der Waals surface area contributed by atoms with Gasteiger partial charge in [-0.1, -0.05) is 11.2 Å². The molecule has 4 atom stereocenters. The van der Waals surface area contributed by atoms with Crippen molar-refractivity contribution in [3.05, 3.63) is 64.3 Å². The van der Waals surface area contributed by atoms with Gasteiger partial charge in [0.05, 0.1) is 41.3 Å². The molecule has 4 aliphatic rings. The minimum absolute atomic E-state index is 0.0353. The maximum Gasteiger partial charge on any atom is 0.272 e. The topological polar surface area (TPSA) is 179 Å². The summed E-state index contributed by atoms with van der Waals surface area (Å²) in [7, 11) is 2.16. The smallest absolute Gasteiger partial charge is 0.272 e. The van der Waals surface area contributed by atoms with E-state index in [1.807, 2.05) is 10.7 Å². The summed E-state index contributed by atoms with van der Waals surface area (Å²) in [5, 5.41) is 28.3. The van der Waals surface area contributed by atoms with E-state index in [0.717, 1.165) is 92.2 Å². The van der Waals surface area contributed by atoms with Crippen LogP contribution in [0.1, 0.15) is 96.4 Å². The normalized spacial score (nSPS) is 23.7. The van der Waals surface area contributed by atoms with Crippen LogP contribution in [0.25, 0.3) is 28.4 Å². The molecule has 2 aliphatic carbocycles. The predicted octanol–water partition coefficient (Wildman–Crippen LogP) is 4.25. The van der Waals surface area contributed by atoms with E-state index < -0.39 is 5.41 Å². The number of hydrogen-bond acceptors (Lipinski definition) is 11. The van der Waals surface area contributed by atoms with Crippen molar-refractivity contribution in [1.29, 1.82) is 5.26 Å². The van der Waals surface area contributed by atoms with Crippen LogP contribution in [0.4, 0.5) is 5.69 Å². The molecule has 1 amide bonds. The van der Waals surface area contributed by atoms with E-state index in [9.17, 15) is 10.1 Å². The van der Waals surface area contributed by atoms with Gasteiger partial charge in [-0.2, -0.15) is 15.5 Å². The van der Waals surface area contributed by atoms with Crippen LogP contribution in [0.3, 0.4) is 0 Å². The van der Waals surface area contributed by atoms with E-state index in [-0.39, 0.29) is 23.7 Å². The molecule has 0 bridgehead atoms. The quantitative estimate of drug-likeness (QED) is 0.244. The zero-order valence-corrected chi connectivity index (χ0v) is 28.9. The van der Waals surface area contributed by atoms with Gasteiger partial charge in [-0.25, -0.2) is 19.3 Å². The van der Waals surface area contributed by atoms with Gasteiger partial charge < -0.3 is 25.2 Å². The number of nitrogen functional groups attached to an aromatic ring is 1. The number of likely N-dealkylation sites (tertiary alicyclic amines) is 1. The summed E-state index contributed by atoms with van der Waals surface area (Å²) in [5.41, 5.74) is 11.5. The zero-order valence-electron chi connectivity index (χ0n) is 28.9. The Morgan fingerprint density at radius 1 is 1.16 bits per heavy atom. The van der Waals surface area contributed by atoms with Gasteiger partial charge in [0.25, 0.3) is 5.91 Å². The number of ether oxygens (including phenoxy) is 1. The number of nitrogens with zero attached hydrogens (tertiary/aromatic N) is 9. The predicted molar refractivity (Wildman–Crippen MR) is 187 cm³/mol. The molecule has 14 heteroatoms. The highest BCUT2D eigenvalue weighted by atomic mass is 16.5. The summed E-state index contributed by atoms with van der Waals surface area (Å²) in [6.07, 6.45) is 11.7. The average Bonchev–Trinajstić information content (AvgIpc) is 3.99. The lowest BCUT2D eigenvalue weighted by Crippen LogP contribution is -2.36. The highest BCUT2D eigenvalue weighted by Gasteiger charge is 2.48. The van der Waals surface area contributed by atoms with Crippen LogP contribution in [0.15, 0.2) is 35.1 Å². The molecule has 1 aromatic carbocycles. The van der Waals surface area contributed by atoms with Crippen molar-refractivity contribution < 1.29 is 14.1 Å². The molecule has 0 saturated carbocycles. The van der Waals surface area contributed by atoms with Crippen LogP contribution in [-0.2, 0) is 23.0 Å². The highest BCUT2D eigenvalue weighted by molar-refractivity contribution is 5.92. The maximum atomic E-state index is 13.1. The standard InChI is InChI=1S/C37H41N11O3/c1-21(29-8-5-15-46(29)2)48-35-26(19-40-48)34(47-16-11-28(44-47)36(49)41-23-12-17-50-20-23)42-33(43-35)31-24-7-4-14-37(32(24)51-45-31)13-3-6-22-9-10-27(39)25(18-38)30(22)37/h9-11,16,19,21,23,29H,3-8,12-15,17,20,39H2,1-2H3,(H,41,49). The second-order valence-corrected chi connectivity index (χ2v) is 14.6. The van der Waals surface area contributed by atoms with Crippen LogP contribution >= 0.6 is 0 Å². The average molecular weight is 688 g/mol. The van der Waals surface area contributed by atoms with Crippen LogP contribution < -0.4 is 11.1 Å². The number of hydrogen-bond donors (Lipinski definition) is 2. The van der Waals surface area contributed by atoms with Crippen molar-refractivity contribution in [2.75, 3.05) is 32.5 Å². The van der Waals surface area contributed by atoms with Crippen molar-refractivity contribution in [2.45, 2.75) is 88.3 Å². The number of carbonyl (C=O) groups is 1. The zero-order chi connectivity index (χ0) is 34.9. The van der Waals surface area contributed by atoms with Crippen molar-refractivity contribution in [3.63, 3.8) is 0 Å². The van der Waals surface area contributed by atoms with E-state index in [0.29, 0.717) is 53.5 Å². The molecule has 14 nitrogen and oxygen atoms in total. The minimum atomic E-state index is -0.502. The van der Waals surface area contributed by atoms with Gasteiger partial charge >= 0.3 is 0 Å². The second kappa shape index (κ2) is 12.3. The number of carbonyl (C=O) groups excluding carboxylic acids is 1. The van der Waals surface area contributed by atoms with Crippen LogP contribution in [0.2, 0.25) is 0 Å². The SMILES string of the molecule is CC(C1CCCN1C)n1ncc2c(-n3ccc(C(=O)NC4CCOC4)n3)nc(-c3noc4c3CCCC43CCCc4ccc(N)c(C#N)c43)nc21. The summed E-state index contributed by atoms with van der Waals surface area (Å²) >= 11 is 0. The molecule has 2 fully saturated rings. The molecule has 9 rings (SSSR count). The third-order valence-electron chi connectivity index (χ3n) is 11.7. The van der Waals surface area contributed by atoms with Gasteiger partial charge in [0.15, 0.2) is 34.4 Å². The van der Waals surface area contributed by atoms with Crippen molar-refractivity contribution >= 4 is 22.6 Å². The molecule has 51 heavy (non-hydrogen) atoms. The Kier molecular flexibility index (Phi) is 7.66. The lowest BCUT2D eigenvalue weighted by Gasteiger charge is -2.41. The van der Waals surface area contributed by atoms with E-state index in [2.05, 4.69) is 41.4 Å². The Hall–Kier alpha value is -5.13. The van der Waals surface area contributed by atoms with Gasteiger partial charge in [0, 0.05) is 30.1 Å². The first-order valence-electron chi connectivity index (χ1n) is 18.1. The van der Waals surface area contributed by atoms with Gasteiger partial charge in [-0.15, -0.1) is 0 Å². The molecular weight excluding hydrogens is 646 g/mol. The first-order valence-corrected chi connectivity index (χ1v) is 18.1. The third-order valence-corrected chi connectivity index (χ3v) is 11.7. The minimum Gasteiger partial charge on any atom is -0.398 e. The van der Waals surface area contributed by atoms with Crippen LogP contribution in [0, 0.1) is 11.3 Å². The lowest BCUT2D eigenvalue weighted by atomic mass is 9.61. The summed E-state index contributed by atoms with van der Waals surface area (Å²) in [6, 6.07) is 8.33. The van der Waals surface area contributed by atoms with Crippen molar-refractivity contribution in [2.24, 2.45) is 0 Å². The number of amides is 1. The maximum absolute atomic E-state index is 13.1. The Morgan fingerprint density at radius 2 is 2.02 bits per heavy atom. The van der Waals surface area contributed by atoms with Crippen molar-refractivity contribution in [3.8, 4) is 23.4 Å². The van der Waals surface area contributed by atoms with E-state index in [1.165, 1.54) is 0 Å². The third kappa shape index (κ3) is 5.04. The fourth-order valence-corrected chi connectivity index (χ4v) is 9.16. The van der Waals surface area contributed by atoms with Gasteiger partial charge in [-0.05, 0) is 102 Å². The molecule has 2 saturated heterocycles. The molecule has 4 unspecified atom stereocenters. The number of aromatic nitrogens is 7. The van der Waals surface area contributed by atoms with Gasteiger partial charge in [-0.3, -0.25) is 4.79 Å². The highest BCUT2D eigenvalue weighted by Crippen LogP contribution is 2.53. The molecular formula is C37H41N11O3. The van der Waals surface area contributed by atoms with Gasteiger partial charge in [0.2, 0.25) is 0 Å². The van der Waals surface area contributed by atoms with E-state index in [4.69, 9.17) is 35.2 Å². The number of fused-ring (bicyclic) bond motifs is 5. The first-order chi connectivity index (χ1) is 24.9. The summed E-state index contributed by atoms with van der Waals surface area (Å²) in [6.45, 7) is 4.35. The number of rotatable bonds is 6. The summed E-state index contributed by atoms with van der Waals surface area (Å²) in [5.74, 6) is 1.42. The van der Waals surface area contributed by atoms with Crippen LogP contribution in [-0.4, -0.2) is 84.4 Å². The fourth-order valence-electron chi connectivity index (χ4n) is 9.16. The van der Waals surface area contributed by atoms with E-state index >= 15 is 0 Å². The Balaban J connectivity index is 1.18. The number of nitriles is 1. The summed E-state index contributed by atoms with van der Waals surface area (Å²) in [4.78, 5) is 25.8. The van der Waals surface area contributed by atoms with Crippen molar-refractivity contribution in [1.82, 2.24) is 44.9 Å². The molecule has 0 radical (unpaired) electrons. The second-order valence-electron chi connectivity index (χ2n) is 14.6. The molecule has 3 N–H and O–H groups in total. The molecule has 262 valence electrons. The Bertz CT molecular complexity index is 2200. The Labute approximate surface area is 294 Å². The Morgan fingerprint density at radius 3 is 2.80 bits per heavy atom. The summed E-state index contributed by atoms with van der Waals surface area (Å²) < 4.78 is 15.4. The monoisotopic (exact) mass is 687 g/mol. The number of anilines is 1. The number of likely N-dealkylation sites (N-methyl/N-ethyl adjacent to an activating group) is 1. The lowest BCUT2D eigenvalue weighted by molar-refractivity contribution is 0.0924. The van der Waals surface area contributed by atoms with E-state index in [1.54, 1.807) is 23.1 Å². The van der Waals surface area contributed by atoms with Gasteiger partial charge in [0.1, 0.15) is 6.07 Å². The molecule has 5 aromatic rings. The molecule has 4 aromatic heterocycles. The number of aryl methyl sites for hydroxylation is 1. The molecule has 1 spiro atoms. The van der Waals surface area contributed by atoms with Crippen LogP contribution in [0.5, 0.6) is 0 Å². The number of nitrogens with two attached hydrogens (primary N) is 1. The molecule has 2 aliphatic heterocycles. The fraction of sp³-hybridized carbons (Fsp3) is 0.486.